The minimum atomic E-state index is -4.07. The smallest absolute Gasteiger partial charge is 0.299 e. The maximum absolute atomic E-state index is 12.3. The number of aromatic amines is 1. The number of fused-ring (bicyclic) bond motifs is 1. The summed E-state index contributed by atoms with van der Waals surface area (Å²) in [6.07, 6.45) is 0.768. The number of nitrogens with one attached hydrogen (secondary N) is 1. The minimum absolute atomic E-state index is 0.0382. The molecule has 3 rings (SSSR count). The molecule has 0 unspecified atom stereocenters. The van der Waals surface area contributed by atoms with Gasteiger partial charge in [0.05, 0.1) is 15.3 Å². The van der Waals surface area contributed by atoms with E-state index < -0.39 is 20.8 Å². The van der Waals surface area contributed by atoms with E-state index in [1.54, 1.807) is 12.1 Å². The molecule has 1 heterocycles. The summed E-state index contributed by atoms with van der Waals surface area (Å²) in [5.74, 6) is -0.430. The van der Waals surface area contributed by atoms with Crippen LogP contribution in [0.1, 0.15) is 12.5 Å². The minimum Gasteiger partial charge on any atom is -0.493 e. The van der Waals surface area contributed by atoms with Gasteiger partial charge in [0.15, 0.2) is 5.69 Å². The summed E-state index contributed by atoms with van der Waals surface area (Å²) in [7, 11) is -4.07. The zero-order valence-electron chi connectivity index (χ0n) is 13.6. The number of sulfonamides is 1. The molecule has 0 spiro atoms. The van der Waals surface area contributed by atoms with Gasteiger partial charge in [0.25, 0.3) is 15.7 Å². The Morgan fingerprint density at radius 2 is 1.88 bits per heavy atom. The average molecular weight is 374 g/mol. The van der Waals surface area contributed by atoms with Gasteiger partial charge in [-0.25, -0.2) is 0 Å². The van der Waals surface area contributed by atoms with E-state index in [2.05, 4.69) is 14.6 Å². The highest BCUT2D eigenvalue weighted by atomic mass is 32.2. The van der Waals surface area contributed by atoms with Gasteiger partial charge in [-0.2, -0.15) is 8.42 Å². The maximum atomic E-state index is 12.3. The lowest BCUT2D eigenvalue weighted by Crippen LogP contribution is -1.95. The first-order valence-corrected chi connectivity index (χ1v) is 9.02. The fraction of sp³-hybridized carbons (Fsp3) is 0.125. The van der Waals surface area contributed by atoms with E-state index in [-0.39, 0.29) is 21.7 Å². The molecule has 0 amide bonds. The summed E-state index contributed by atoms with van der Waals surface area (Å²) in [5.41, 5.74) is 0.942. The number of hydrogen-bond donors (Lipinski definition) is 2. The molecular formula is C16H14N4O5S. The molecular weight excluding hydrogens is 360 g/mol. The van der Waals surface area contributed by atoms with E-state index in [4.69, 9.17) is 0 Å². The molecule has 0 radical (unpaired) electrons. The molecule has 2 aromatic carbocycles. The van der Waals surface area contributed by atoms with E-state index in [0.29, 0.717) is 5.52 Å². The highest BCUT2D eigenvalue weighted by Gasteiger charge is 2.17. The number of H-pyrrole nitrogens is 1. The molecule has 0 fully saturated rings. The van der Waals surface area contributed by atoms with Crippen molar-refractivity contribution in [3.8, 4) is 5.88 Å². The number of aromatic nitrogens is 1. The summed E-state index contributed by atoms with van der Waals surface area (Å²) in [6.45, 7) is 1.95. The van der Waals surface area contributed by atoms with Crippen LogP contribution in [0.5, 0.6) is 5.88 Å². The molecule has 26 heavy (non-hydrogen) atoms. The van der Waals surface area contributed by atoms with Gasteiger partial charge in [-0.05, 0) is 30.2 Å². The normalized spacial score (nSPS) is 12.0. The lowest BCUT2D eigenvalue weighted by atomic mass is 10.2. The number of aryl methyl sites for hydroxylation is 1. The Balaban J connectivity index is 2.02. The van der Waals surface area contributed by atoms with Crippen molar-refractivity contribution < 1.29 is 18.4 Å². The number of benzene rings is 2. The summed E-state index contributed by atoms with van der Waals surface area (Å²) in [5, 5.41) is 24.6. The number of hydrogen-bond acceptors (Lipinski definition) is 6. The van der Waals surface area contributed by atoms with Crippen molar-refractivity contribution in [1.29, 1.82) is 0 Å². The van der Waals surface area contributed by atoms with Gasteiger partial charge >= 0.3 is 0 Å². The molecule has 1 aromatic heterocycles. The topological polar surface area (TPSA) is 138 Å². The lowest BCUT2D eigenvalue weighted by molar-refractivity contribution is -0.384. The van der Waals surface area contributed by atoms with Crippen molar-refractivity contribution in [2.45, 2.75) is 18.2 Å². The first-order valence-electron chi connectivity index (χ1n) is 7.58. The number of nitrogens with zero attached hydrogens (tertiary/aromatic N) is 3. The molecule has 0 aliphatic heterocycles. The molecule has 0 bridgehead atoms. The van der Waals surface area contributed by atoms with Gasteiger partial charge < -0.3 is 10.1 Å². The quantitative estimate of drug-likeness (QED) is 0.397. The Hall–Kier alpha value is -3.27. The predicted octanol–water partition coefficient (Wildman–Crippen LogP) is 3.82. The fourth-order valence-corrected chi connectivity index (χ4v) is 3.17. The zero-order chi connectivity index (χ0) is 18.9. The van der Waals surface area contributed by atoms with Crippen LogP contribution in [-0.2, 0) is 16.4 Å². The van der Waals surface area contributed by atoms with Gasteiger partial charge in [-0.3, -0.25) is 10.1 Å². The van der Waals surface area contributed by atoms with Crippen LogP contribution < -0.4 is 0 Å². The molecule has 0 saturated heterocycles. The number of non-ortho nitro benzene ring substituents is 1. The van der Waals surface area contributed by atoms with Crippen molar-refractivity contribution in [3.63, 3.8) is 0 Å². The Kier molecular flexibility index (Phi) is 4.43. The third-order valence-corrected chi connectivity index (χ3v) is 4.99. The van der Waals surface area contributed by atoms with Gasteiger partial charge in [0, 0.05) is 17.5 Å². The second kappa shape index (κ2) is 6.56. The van der Waals surface area contributed by atoms with Crippen molar-refractivity contribution >= 4 is 32.3 Å². The maximum Gasteiger partial charge on any atom is 0.299 e. The number of aromatic hydroxyl groups is 1. The highest BCUT2D eigenvalue weighted by molar-refractivity contribution is 7.90. The Morgan fingerprint density at radius 1 is 1.19 bits per heavy atom. The average Bonchev–Trinajstić information content (AvgIpc) is 2.94. The van der Waals surface area contributed by atoms with E-state index in [1.807, 2.05) is 6.92 Å². The van der Waals surface area contributed by atoms with Crippen molar-refractivity contribution in [3.05, 3.63) is 58.1 Å². The number of nitro groups is 1. The lowest BCUT2D eigenvalue weighted by Gasteiger charge is -1.99. The second-order valence-corrected chi connectivity index (χ2v) is 7.05. The molecule has 0 saturated carbocycles. The third-order valence-electron chi connectivity index (χ3n) is 3.82. The van der Waals surface area contributed by atoms with Crippen LogP contribution in [0.4, 0.5) is 11.4 Å². The van der Waals surface area contributed by atoms with Gasteiger partial charge in [0.2, 0.25) is 5.88 Å². The van der Waals surface area contributed by atoms with Crippen LogP contribution >= 0.6 is 0 Å². The summed E-state index contributed by atoms with van der Waals surface area (Å²) in [6, 6.07) is 10.0. The molecule has 134 valence electrons. The van der Waals surface area contributed by atoms with Gasteiger partial charge in [0.1, 0.15) is 0 Å². The Bertz CT molecular complexity index is 1120. The molecule has 9 nitrogen and oxygen atoms in total. The molecule has 0 aliphatic rings. The SMILES string of the molecule is CCc1ccc(S(=O)(=O)N=Nc2c(O)[nH]c3ccc([N+](=O)[O-])cc23)cc1. The predicted molar refractivity (Wildman–Crippen MR) is 94.1 cm³/mol. The first-order chi connectivity index (χ1) is 12.3. The van der Waals surface area contributed by atoms with Gasteiger partial charge in [-0.15, -0.1) is 5.11 Å². The van der Waals surface area contributed by atoms with Crippen molar-refractivity contribution in [2.24, 2.45) is 9.63 Å². The van der Waals surface area contributed by atoms with Crippen molar-refractivity contribution in [2.75, 3.05) is 0 Å². The Labute approximate surface area is 148 Å². The van der Waals surface area contributed by atoms with Crippen LogP contribution in [-0.4, -0.2) is 23.4 Å². The van der Waals surface area contributed by atoms with Crippen LogP contribution in [0.15, 0.2) is 57.0 Å². The molecule has 10 heteroatoms. The standard InChI is InChI=1S/C16H14N4O5S/c1-2-10-3-6-12(7-4-10)26(24,25)19-18-15-13-9-11(20(22)23)5-8-14(13)17-16(15)21/h3-9,17,21H,2H2,1H3. The van der Waals surface area contributed by atoms with E-state index in [0.717, 1.165) is 12.0 Å². The van der Waals surface area contributed by atoms with E-state index >= 15 is 0 Å². The highest BCUT2D eigenvalue weighted by Crippen LogP contribution is 2.37. The largest absolute Gasteiger partial charge is 0.493 e. The van der Waals surface area contributed by atoms with Crippen LogP contribution in [0.25, 0.3) is 10.9 Å². The fourth-order valence-electron chi connectivity index (χ4n) is 2.41. The van der Waals surface area contributed by atoms with Gasteiger partial charge in [-0.1, -0.05) is 23.6 Å². The second-order valence-electron chi connectivity index (χ2n) is 5.46. The zero-order valence-corrected chi connectivity index (χ0v) is 14.4. The molecule has 0 aliphatic carbocycles. The molecule has 2 N–H and O–H groups in total. The van der Waals surface area contributed by atoms with Crippen LogP contribution in [0, 0.1) is 10.1 Å². The summed E-state index contributed by atoms with van der Waals surface area (Å²) >= 11 is 0. The summed E-state index contributed by atoms with van der Waals surface area (Å²) < 4.78 is 27.9. The van der Waals surface area contributed by atoms with Crippen LogP contribution in [0.2, 0.25) is 0 Å². The number of rotatable bonds is 5. The van der Waals surface area contributed by atoms with E-state index in [1.165, 1.54) is 30.3 Å². The van der Waals surface area contributed by atoms with Crippen LogP contribution in [0.3, 0.4) is 0 Å². The molecule has 0 atom stereocenters. The first kappa shape index (κ1) is 17.5. The van der Waals surface area contributed by atoms with E-state index in [9.17, 15) is 23.6 Å². The molecule has 3 aromatic rings. The summed E-state index contributed by atoms with van der Waals surface area (Å²) in [4.78, 5) is 12.8. The number of nitro benzene ring substituents is 1. The van der Waals surface area contributed by atoms with Crippen molar-refractivity contribution in [1.82, 2.24) is 4.98 Å². The third kappa shape index (κ3) is 3.26. The Morgan fingerprint density at radius 3 is 2.50 bits per heavy atom. The monoisotopic (exact) mass is 374 g/mol.